The first-order valence-corrected chi connectivity index (χ1v) is 6.86. The molecule has 0 bridgehead atoms. The molecule has 0 saturated carbocycles. The molecule has 0 aliphatic carbocycles. The second-order valence-electron chi connectivity index (χ2n) is 4.97. The minimum atomic E-state index is 0.902. The summed E-state index contributed by atoms with van der Waals surface area (Å²) in [6.45, 7) is 2.37. The standard InChI is InChI=1S/C17H19NO/c1-19-17-9-7-14(8-10-17)15-5-4-6-16(13-15)18-11-2-3-12-18/h4-10,13H,2-3,11-12H2,1H3. The molecule has 1 fully saturated rings. The molecule has 2 nitrogen and oxygen atoms in total. The topological polar surface area (TPSA) is 12.5 Å². The van der Waals surface area contributed by atoms with Crippen LogP contribution >= 0.6 is 0 Å². The van der Waals surface area contributed by atoms with Crippen molar-refractivity contribution in [1.82, 2.24) is 0 Å². The van der Waals surface area contributed by atoms with Gasteiger partial charge in [-0.05, 0) is 48.2 Å². The van der Waals surface area contributed by atoms with Crippen LogP contribution in [0.1, 0.15) is 12.8 Å². The Labute approximate surface area is 114 Å². The van der Waals surface area contributed by atoms with Gasteiger partial charge in [0.15, 0.2) is 0 Å². The minimum Gasteiger partial charge on any atom is -0.497 e. The normalized spacial score (nSPS) is 14.7. The van der Waals surface area contributed by atoms with E-state index in [-0.39, 0.29) is 0 Å². The third kappa shape index (κ3) is 2.58. The molecule has 1 aliphatic rings. The second kappa shape index (κ2) is 5.35. The lowest BCUT2D eigenvalue weighted by Crippen LogP contribution is -2.17. The fourth-order valence-electron chi connectivity index (χ4n) is 2.64. The molecule has 2 heteroatoms. The molecular weight excluding hydrogens is 234 g/mol. The molecule has 0 atom stereocenters. The van der Waals surface area contributed by atoms with Gasteiger partial charge in [0.05, 0.1) is 7.11 Å². The summed E-state index contributed by atoms with van der Waals surface area (Å²) in [4.78, 5) is 2.47. The zero-order chi connectivity index (χ0) is 13.1. The van der Waals surface area contributed by atoms with E-state index in [9.17, 15) is 0 Å². The SMILES string of the molecule is COc1ccc(-c2cccc(N3CCCC3)c2)cc1. The Kier molecular flexibility index (Phi) is 3.41. The van der Waals surface area contributed by atoms with E-state index in [1.54, 1.807) is 7.11 Å². The quantitative estimate of drug-likeness (QED) is 0.821. The Morgan fingerprint density at radius 1 is 0.895 bits per heavy atom. The van der Waals surface area contributed by atoms with Gasteiger partial charge >= 0.3 is 0 Å². The Balaban J connectivity index is 1.89. The molecule has 0 spiro atoms. The molecular formula is C17H19NO. The molecule has 0 unspecified atom stereocenters. The first kappa shape index (κ1) is 12.1. The number of anilines is 1. The molecule has 0 N–H and O–H groups in total. The summed E-state index contributed by atoms with van der Waals surface area (Å²) in [7, 11) is 1.70. The monoisotopic (exact) mass is 253 g/mol. The van der Waals surface area contributed by atoms with Crippen LogP contribution in [-0.4, -0.2) is 20.2 Å². The summed E-state index contributed by atoms with van der Waals surface area (Å²) in [6, 6.07) is 17.1. The van der Waals surface area contributed by atoms with Crippen molar-refractivity contribution in [3.05, 3.63) is 48.5 Å². The molecule has 98 valence electrons. The van der Waals surface area contributed by atoms with Crippen molar-refractivity contribution in [2.75, 3.05) is 25.1 Å². The number of methoxy groups -OCH3 is 1. The third-order valence-corrected chi connectivity index (χ3v) is 3.74. The van der Waals surface area contributed by atoms with Crippen molar-refractivity contribution in [1.29, 1.82) is 0 Å². The van der Waals surface area contributed by atoms with Gasteiger partial charge in [0.1, 0.15) is 5.75 Å². The van der Waals surface area contributed by atoms with Crippen LogP contribution < -0.4 is 9.64 Å². The Bertz CT molecular complexity index is 541. The van der Waals surface area contributed by atoms with Gasteiger partial charge in [-0.1, -0.05) is 24.3 Å². The summed E-state index contributed by atoms with van der Waals surface area (Å²) in [6.07, 6.45) is 2.62. The van der Waals surface area contributed by atoms with Gasteiger partial charge in [-0.3, -0.25) is 0 Å². The number of benzene rings is 2. The van der Waals surface area contributed by atoms with Gasteiger partial charge in [-0.2, -0.15) is 0 Å². The molecule has 3 rings (SSSR count). The summed E-state index contributed by atoms with van der Waals surface area (Å²) in [5, 5.41) is 0. The number of nitrogens with zero attached hydrogens (tertiary/aromatic N) is 1. The zero-order valence-corrected chi connectivity index (χ0v) is 11.3. The van der Waals surface area contributed by atoms with Crippen molar-refractivity contribution in [2.24, 2.45) is 0 Å². The van der Waals surface area contributed by atoms with E-state index in [0.29, 0.717) is 0 Å². The Morgan fingerprint density at radius 3 is 2.32 bits per heavy atom. The number of hydrogen-bond donors (Lipinski definition) is 0. The fraction of sp³-hybridized carbons (Fsp3) is 0.294. The molecule has 2 aromatic rings. The van der Waals surface area contributed by atoms with Gasteiger partial charge in [0.2, 0.25) is 0 Å². The minimum absolute atomic E-state index is 0.902. The van der Waals surface area contributed by atoms with Gasteiger partial charge in [-0.25, -0.2) is 0 Å². The highest BCUT2D eigenvalue weighted by atomic mass is 16.5. The molecule has 1 saturated heterocycles. The van der Waals surface area contributed by atoms with Crippen molar-refractivity contribution in [3.63, 3.8) is 0 Å². The lowest BCUT2D eigenvalue weighted by Gasteiger charge is -2.18. The van der Waals surface area contributed by atoms with Gasteiger partial charge in [-0.15, -0.1) is 0 Å². The Hall–Kier alpha value is -1.96. The number of ether oxygens (including phenoxy) is 1. The van der Waals surface area contributed by atoms with Crippen LogP contribution in [-0.2, 0) is 0 Å². The summed E-state index contributed by atoms with van der Waals surface area (Å²) in [5.74, 6) is 0.902. The molecule has 0 amide bonds. The van der Waals surface area contributed by atoms with Crippen LogP contribution in [0.5, 0.6) is 5.75 Å². The maximum Gasteiger partial charge on any atom is 0.118 e. The fourth-order valence-corrected chi connectivity index (χ4v) is 2.64. The summed E-state index contributed by atoms with van der Waals surface area (Å²) < 4.78 is 5.20. The van der Waals surface area contributed by atoms with Crippen molar-refractivity contribution in [3.8, 4) is 16.9 Å². The highest BCUT2D eigenvalue weighted by Gasteiger charge is 2.12. The van der Waals surface area contributed by atoms with E-state index in [1.807, 2.05) is 12.1 Å². The molecule has 2 aromatic carbocycles. The van der Waals surface area contributed by atoms with Gasteiger partial charge in [0.25, 0.3) is 0 Å². The van der Waals surface area contributed by atoms with E-state index in [2.05, 4.69) is 41.3 Å². The van der Waals surface area contributed by atoms with Crippen molar-refractivity contribution in [2.45, 2.75) is 12.8 Å². The van der Waals surface area contributed by atoms with Crippen LogP contribution in [0.3, 0.4) is 0 Å². The van der Waals surface area contributed by atoms with E-state index in [0.717, 1.165) is 5.75 Å². The predicted octanol–water partition coefficient (Wildman–Crippen LogP) is 3.96. The van der Waals surface area contributed by atoms with Gasteiger partial charge < -0.3 is 9.64 Å². The molecule has 0 radical (unpaired) electrons. The maximum atomic E-state index is 5.20. The number of hydrogen-bond acceptors (Lipinski definition) is 2. The first-order chi connectivity index (χ1) is 9.36. The highest BCUT2D eigenvalue weighted by Crippen LogP contribution is 2.27. The molecule has 19 heavy (non-hydrogen) atoms. The third-order valence-electron chi connectivity index (χ3n) is 3.74. The Morgan fingerprint density at radius 2 is 1.63 bits per heavy atom. The van der Waals surface area contributed by atoms with E-state index in [1.165, 1.54) is 42.7 Å². The predicted molar refractivity (Wildman–Crippen MR) is 79.9 cm³/mol. The van der Waals surface area contributed by atoms with E-state index in [4.69, 9.17) is 4.74 Å². The maximum absolute atomic E-state index is 5.20. The average molecular weight is 253 g/mol. The molecule has 0 aromatic heterocycles. The summed E-state index contributed by atoms with van der Waals surface area (Å²) >= 11 is 0. The zero-order valence-electron chi connectivity index (χ0n) is 11.3. The smallest absolute Gasteiger partial charge is 0.118 e. The highest BCUT2D eigenvalue weighted by molar-refractivity contribution is 5.69. The lowest BCUT2D eigenvalue weighted by atomic mass is 10.0. The lowest BCUT2D eigenvalue weighted by molar-refractivity contribution is 0.415. The van der Waals surface area contributed by atoms with Crippen molar-refractivity contribution >= 4 is 5.69 Å². The molecule has 1 heterocycles. The van der Waals surface area contributed by atoms with E-state index >= 15 is 0 Å². The van der Waals surface area contributed by atoms with Crippen LogP contribution in [0.15, 0.2) is 48.5 Å². The van der Waals surface area contributed by atoms with Crippen LogP contribution in [0.2, 0.25) is 0 Å². The van der Waals surface area contributed by atoms with Gasteiger partial charge in [0, 0.05) is 18.8 Å². The largest absolute Gasteiger partial charge is 0.497 e. The second-order valence-corrected chi connectivity index (χ2v) is 4.97. The van der Waals surface area contributed by atoms with E-state index < -0.39 is 0 Å². The van der Waals surface area contributed by atoms with Crippen molar-refractivity contribution < 1.29 is 4.74 Å². The molecule has 1 aliphatic heterocycles. The van der Waals surface area contributed by atoms with Crippen LogP contribution in [0, 0.1) is 0 Å². The average Bonchev–Trinajstić information content (AvgIpc) is 3.02. The first-order valence-electron chi connectivity index (χ1n) is 6.86. The van der Waals surface area contributed by atoms with Crippen LogP contribution in [0.4, 0.5) is 5.69 Å². The van der Waals surface area contributed by atoms with Crippen LogP contribution in [0.25, 0.3) is 11.1 Å². The number of rotatable bonds is 3. The summed E-state index contributed by atoms with van der Waals surface area (Å²) in [5.41, 5.74) is 3.85.